The fourth-order valence-electron chi connectivity index (χ4n) is 0.854. The number of rotatable bonds is 0. The van der Waals surface area contributed by atoms with Crippen LogP contribution < -0.4 is 5.46 Å². The van der Waals surface area contributed by atoms with Crippen LogP contribution in [0.3, 0.4) is 0 Å². The average Bonchev–Trinajstić information content (AvgIpc) is 2.13. The first-order valence-electron chi connectivity index (χ1n) is 3.22. The molecule has 0 saturated carbocycles. The Morgan fingerprint density at radius 3 is 1.92 bits per heavy atom. The average molecular weight is 176 g/mol. The van der Waals surface area contributed by atoms with E-state index in [1.54, 1.807) is 0 Å². The molecule has 4 N–H and O–H groups in total. The van der Waals surface area contributed by atoms with Gasteiger partial charge in [0.25, 0.3) is 0 Å². The van der Waals surface area contributed by atoms with E-state index in [1.165, 1.54) is 0 Å². The van der Waals surface area contributed by atoms with Crippen LogP contribution in [0.5, 0.6) is 23.0 Å². The second-order valence-electron chi connectivity index (χ2n) is 2.33. The normalized spacial score (nSPS) is 9.46. The molecule has 0 amide bonds. The summed E-state index contributed by atoms with van der Waals surface area (Å²) in [4.78, 5) is 0. The highest BCUT2D eigenvalue weighted by molar-refractivity contribution is 6.37. The molecule has 0 atom stereocenters. The first-order chi connectivity index (χ1) is 6.00. The lowest BCUT2D eigenvalue weighted by molar-refractivity contribution is 0.363. The summed E-state index contributed by atoms with van der Waals surface area (Å²) in [5.41, 5.74) is -0.823. The first kappa shape index (κ1) is 9.14. The van der Waals surface area contributed by atoms with Crippen LogP contribution in [0.25, 0.3) is 0 Å². The maximum Gasteiger partial charge on any atom is 0.201 e. The zero-order valence-corrected chi connectivity index (χ0v) is 6.44. The van der Waals surface area contributed by atoms with Gasteiger partial charge in [-0.2, -0.15) is 0 Å². The molecule has 64 valence electrons. The Kier molecular flexibility index (Phi) is 1.99. The van der Waals surface area contributed by atoms with E-state index in [9.17, 15) is 5.11 Å². The van der Waals surface area contributed by atoms with Crippen molar-refractivity contribution in [1.29, 1.82) is 0 Å². The van der Waals surface area contributed by atoms with E-state index in [0.29, 0.717) is 0 Å². The predicted molar refractivity (Wildman–Crippen MR) is 46.4 cm³/mol. The van der Waals surface area contributed by atoms with Crippen LogP contribution in [0.1, 0.15) is 5.56 Å². The molecule has 0 aliphatic rings. The highest BCUT2D eigenvalue weighted by Gasteiger charge is 2.18. The third kappa shape index (κ3) is 1.12. The van der Waals surface area contributed by atoms with Gasteiger partial charge in [0.2, 0.25) is 5.75 Å². The number of terminal acetylenes is 1. The SMILES string of the molecule is [B]c1c(O)c(O)c(O)c(C#C)c1O. The molecule has 4 nitrogen and oxygen atoms in total. The van der Waals surface area contributed by atoms with E-state index in [2.05, 4.69) is 0 Å². The molecule has 0 unspecified atom stereocenters. The number of phenolic OH excluding ortho intramolecular Hbond substituents is 4. The van der Waals surface area contributed by atoms with E-state index >= 15 is 0 Å². The standard InChI is InChI=1S/C8H5BO4/c1-2-3-5(10)4(9)7(12)8(13)6(3)11/h1,10-13H. The van der Waals surface area contributed by atoms with Gasteiger partial charge in [-0.15, -0.1) is 6.42 Å². The topological polar surface area (TPSA) is 80.9 Å². The molecular weight excluding hydrogens is 171 g/mol. The number of aromatic hydroxyl groups is 4. The Balaban J connectivity index is 3.69. The Morgan fingerprint density at radius 1 is 0.923 bits per heavy atom. The van der Waals surface area contributed by atoms with Crippen LogP contribution in [0.2, 0.25) is 0 Å². The summed E-state index contributed by atoms with van der Waals surface area (Å²) in [6.07, 6.45) is 4.92. The van der Waals surface area contributed by atoms with Crippen molar-refractivity contribution in [3.05, 3.63) is 5.56 Å². The molecule has 2 radical (unpaired) electrons. The van der Waals surface area contributed by atoms with Crippen molar-refractivity contribution in [1.82, 2.24) is 0 Å². The second-order valence-corrected chi connectivity index (χ2v) is 2.33. The minimum Gasteiger partial charge on any atom is -0.507 e. The lowest BCUT2D eigenvalue weighted by Gasteiger charge is -2.09. The van der Waals surface area contributed by atoms with Gasteiger partial charge in [0.15, 0.2) is 11.5 Å². The zero-order chi connectivity index (χ0) is 10.2. The third-order valence-corrected chi connectivity index (χ3v) is 1.58. The minimum atomic E-state index is -0.844. The van der Waals surface area contributed by atoms with Crippen LogP contribution in [0.4, 0.5) is 0 Å². The monoisotopic (exact) mass is 176 g/mol. The minimum absolute atomic E-state index is 0.354. The van der Waals surface area contributed by atoms with Gasteiger partial charge in [-0.3, -0.25) is 0 Å². The summed E-state index contributed by atoms with van der Waals surface area (Å²) >= 11 is 0. The summed E-state index contributed by atoms with van der Waals surface area (Å²) in [7, 11) is 5.16. The van der Waals surface area contributed by atoms with E-state index in [-0.39, 0.29) is 5.56 Å². The zero-order valence-electron chi connectivity index (χ0n) is 6.44. The fraction of sp³-hybridized carbons (Fsp3) is 0. The van der Waals surface area contributed by atoms with Gasteiger partial charge in [-0.1, -0.05) is 5.92 Å². The van der Waals surface area contributed by atoms with Crippen molar-refractivity contribution in [2.45, 2.75) is 0 Å². The van der Waals surface area contributed by atoms with E-state index in [0.717, 1.165) is 0 Å². The van der Waals surface area contributed by atoms with Crippen molar-refractivity contribution in [2.75, 3.05) is 0 Å². The largest absolute Gasteiger partial charge is 0.507 e. The smallest absolute Gasteiger partial charge is 0.201 e. The van der Waals surface area contributed by atoms with Crippen molar-refractivity contribution in [3.8, 4) is 35.3 Å². The van der Waals surface area contributed by atoms with Gasteiger partial charge >= 0.3 is 0 Å². The Bertz CT molecular complexity index is 377. The van der Waals surface area contributed by atoms with Crippen LogP contribution in [-0.2, 0) is 0 Å². The van der Waals surface area contributed by atoms with E-state index < -0.39 is 28.5 Å². The molecular formula is C8H5BO4. The van der Waals surface area contributed by atoms with Gasteiger partial charge in [0, 0.05) is 0 Å². The molecule has 0 spiro atoms. The van der Waals surface area contributed by atoms with Crippen molar-refractivity contribution in [3.63, 3.8) is 0 Å². The molecule has 5 heteroatoms. The second kappa shape index (κ2) is 2.83. The molecule has 0 heterocycles. The number of hydrogen-bond donors (Lipinski definition) is 4. The quantitative estimate of drug-likeness (QED) is 0.182. The Morgan fingerprint density at radius 2 is 1.46 bits per heavy atom. The molecule has 13 heavy (non-hydrogen) atoms. The lowest BCUT2D eigenvalue weighted by Crippen LogP contribution is -2.05. The number of benzene rings is 1. The van der Waals surface area contributed by atoms with Crippen LogP contribution >= 0.6 is 0 Å². The van der Waals surface area contributed by atoms with Crippen molar-refractivity contribution in [2.24, 2.45) is 0 Å². The van der Waals surface area contributed by atoms with Gasteiger partial charge in [-0.05, 0) is 5.46 Å². The Labute approximate surface area is 75.5 Å². The van der Waals surface area contributed by atoms with Gasteiger partial charge in [0.1, 0.15) is 19.2 Å². The molecule has 1 rings (SSSR count). The molecule has 1 aromatic carbocycles. The van der Waals surface area contributed by atoms with Crippen molar-refractivity contribution < 1.29 is 20.4 Å². The Hall–Kier alpha value is -1.96. The number of phenols is 4. The molecule has 0 aliphatic heterocycles. The summed E-state index contributed by atoms with van der Waals surface area (Å²) in [6.45, 7) is 0. The third-order valence-electron chi connectivity index (χ3n) is 1.58. The molecule has 0 bridgehead atoms. The lowest BCUT2D eigenvalue weighted by atomic mass is 9.90. The van der Waals surface area contributed by atoms with E-state index in [1.807, 2.05) is 5.92 Å². The first-order valence-corrected chi connectivity index (χ1v) is 3.22. The van der Waals surface area contributed by atoms with Crippen LogP contribution in [0.15, 0.2) is 0 Å². The summed E-state index contributed by atoms with van der Waals surface area (Å²) < 4.78 is 0. The summed E-state index contributed by atoms with van der Waals surface area (Å²) in [5.74, 6) is -1.12. The van der Waals surface area contributed by atoms with Crippen LogP contribution in [0, 0.1) is 12.3 Å². The molecule has 0 saturated heterocycles. The maximum atomic E-state index is 9.19. The van der Waals surface area contributed by atoms with Crippen molar-refractivity contribution >= 4 is 13.3 Å². The van der Waals surface area contributed by atoms with Gasteiger partial charge in [0.05, 0.1) is 0 Å². The maximum absolute atomic E-state index is 9.19. The van der Waals surface area contributed by atoms with Gasteiger partial charge < -0.3 is 20.4 Å². The predicted octanol–water partition coefficient (Wildman–Crippen LogP) is -0.716. The highest BCUT2D eigenvalue weighted by Crippen LogP contribution is 2.39. The molecule has 0 aliphatic carbocycles. The van der Waals surface area contributed by atoms with Crippen LogP contribution in [-0.4, -0.2) is 28.3 Å². The fourth-order valence-corrected chi connectivity index (χ4v) is 0.854. The number of hydrogen-bond acceptors (Lipinski definition) is 4. The van der Waals surface area contributed by atoms with E-state index in [4.69, 9.17) is 29.6 Å². The summed E-state index contributed by atoms with van der Waals surface area (Å²) in [5, 5.41) is 36.4. The molecule has 0 aromatic heterocycles. The molecule has 0 fully saturated rings. The summed E-state index contributed by atoms with van der Waals surface area (Å²) in [6, 6.07) is 0. The highest BCUT2D eigenvalue weighted by atomic mass is 16.3. The molecule has 1 aromatic rings. The van der Waals surface area contributed by atoms with Gasteiger partial charge in [-0.25, -0.2) is 0 Å².